The maximum atomic E-state index is 12.7. The fourth-order valence-electron chi connectivity index (χ4n) is 6.75. The largest absolute Gasteiger partial charge is 0.462 e. The maximum absolute atomic E-state index is 12.7. The minimum atomic E-state index is -0.760. The molecule has 0 radical (unpaired) electrons. The first-order valence-electron chi connectivity index (χ1n) is 22.7. The summed E-state index contributed by atoms with van der Waals surface area (Å²) in [6.45, 7) is 11.3. The van der Waals surface area contributed by atoms with Crippen molar-refractivity contribution in [3.63, 3.8) is 0 Å². The van der Waals surface area contributed by atoms with Crippen LogP contribution in [0, 0.1) is 11.8 Å². The van der Waals surface area contributed by atoms with E-state index in [1.54, 1.807) is 0 Å². The van der Waals surface area contributed by atoms with E-state index in [-0.39, 0.29) is 31.1 Å². The molecular formula is C46H88O6. The lowest BCUT2D eigenvalue weighted by Gasteiger charge is -2.18. The molecule has 0 aromatic carbocycles. The van der Waals surface area contributed by atoms with Crippen LogP contribution in [0.4, 0.5) is 0 Å². The Morgan fingerprint density at radius 3 is 0.942 bits per heavy atom. The minimum Gasteiger partial charge on any atom is -0.462 e. The Hall–Kier alpha value is -1.59. The first-order chi connectivity index (χ1) is 25.2. The van der Waals surface area contributed by atoms with E-state index in [9.17, 15) is 14.4 Å². The number of ether oxygens (including phenoxy) is 3. The fourth-order valence-corrected chi connectivity index (χ4v) is 6.75. The normalized spacial score (nSPS) is 12.1. The molecule has 0 aromatic rings. The number of unbranched alkanes of at least 4 members (excludes halogenated alkanes) is 25. The highest BCUT2D eigenvalue weighted by molar-refractivity contribution is 5.71. The summed E-state index contributed by atoms with van der Waals surface area (Å²) in [6.07, 6.45) is 36.6. The summed E-state index contributed by atoms with van der Waals surface area (Å²) in [5, 5.41) is 0. The Kier molecular flexibility index (Phi) is 37.9. The molecule has 0 unspecified atom stereocenters. The smallest absolute Gasteiger partial charge is 0.306 e. The maximum Gasteiger partial charge on any atom is 0.306 e. The summed E-state index contributed by atoms with van der Waals surface area (Å²) < 4.78 is 16.7. The number of hydrogen-bond acceptors (Lipinski definition) is 6. The van der Waals surface area contributed by atoms with Crippen LogP contribution in [0.3, 0.4) is 0 Å². The van der Waals surface area contributed by atoms with Gasteiger partial charge < -0.3 is 14.2 Å². The van der Waals surface area contributed by atoms with Gasteiger partial charge in [0.25, 0.3) is 0 Å². The van der Waals surface area contributed by atoms with Gasteiger partial charge in [-0.2, -0.15) is 0 Å². The van der Waals surface area contributed by atoms with Crippen molar-refractivity contribution in [2.75, 3.05) is 13.2 Å². The molecular weight excluding hydrogens is 648 g/mol. The molecule has 0 amide bonds. The topological polar surface area (TPSA) is 78.9 Å². The summed E-state index contributed by atoms with van der Waals surface area (Å²) in [7, 11) is 0. The predicted octanol–water partition coefficient (Wildman–Crippen LogP) is 14.2. The molecule has 0 N–H and O–H groups in total. The highest BCUT2D eigenvalue weighted by Crippen LogP contribution is 2.16. The van der Waals surface area contributed by atoms with E-state index in [0.29, 0.717) is 19.3 Å². The molecule has 0 bridgehead atoms. The Balaban J connectivity index is 4.33. The van der Waals surface area contributed by atoms with Crippen molar-refractivity contribution in [1.29, 1.82) is 0 Å². The van der Waals surface area contributed by atoms with Gasteiger partial charge in [-0.15, -0.1) is 0 Å². The van der Waals surface area contributed by atoms with Crippen LogP contribution in [0.2, 0.25) is 0 Å². The molecule has 0 saturated heterocycles. The molecule has 6 heteroatoms. The van der Waals surface area contributed by atoms with Crippen molar-refractivity contribution in [3.05, 3.63) is 0 Å². The van der Waals surface area contributed by atoms with Gasteiger partial charge in [0.15, 0.2) is 6.10 Å². The second kappa shape index (κ2) is 39.1. The highest BCUT2D eigenvalue weighted by Gasteiger charge is 2.19. The molecule has 1 atom stereocenters. The van der Waals surface area contributed by atoms with Gasteiger partial charge in [0.05, 0.1) is 0 Å². The third-order valence-electron chi connectivity index (χ3n) is 10.2. The zero-order chi connectivity index (χ0) is 38.3. The zero-order valence-electron chi connectivity index (χ0n) is 35.4. The van der Waals surface area contributed by atoms with Gasteiger partial charge in [0.2, 0.25) is 0 Å². The van der Waals surface area contributed by atoms with Crippen LogP contribution in [0.1, 0.15) is 247 Å². The van der Waals surface area contributed by atoms with Crippen molar-refractivity contribution in [2.45, 2.75) is 253 Å². The molecule has 0 aliphatic heterocycles. The Bertz CT molecular complexity index is 794. The van der Waals surface area contributed by atoms with E-state index in [0.717, 1.165) is 69.6 Å². The van der Waals surface area contributed by atoms with E-state index in [1.165, 1.54) is 135 Å². The Morgan fingerprint density at radius 2 is 0.635 bits per heavy atom. The quantitative estimate of drug-likeness (QED) is 0.0354. The van der Waals surface area contributed by atoms with Gasteiger partial charge in [-0.05, 0) is 31.1 Å². The van der Waals surface area contributed by atoms with Crippen LogP contribution in [-0.2, 0) is 28.6 Å². The molecule has 0 fully saturated rings. The Morgan fingerprint density at radius 1 is 0.365 bits per heavy atom. The molecule has 308 valence electrons. The first-order valence-corrected chi connectivity index (χ1v) is 22.7. The second-order valence-corrected chi connectivity index (χ2v) is 16.6. The molecule has 0 spiro atoms. The van der Waals surface area contributed by atoms with E-state index in [1.807, 2.05) is 0 Å². The minimum absolute atomic E-state index is 0.0653. The van der Waals surface area contributed by atoms with Gasteiger partial charge in [-0.3, -0.25) is 14.4 Å². The van der Waals surface area contributed by atoms with Gasteiger partial charge in [-0.25, -0.2) is 0 Å². The molecule has 6 nitrogen and oxygen atoms in total. The van der Waals surface area contributed by atoms with Crippen molar-refractivity contribution in [3.8, 4) is 0 Å². The predicted molar refractivity (Wildman–Crippen MR) is 220 cm³/mol. The summed E-state index contributed by atoms with van der Waals surface area (Å²) in [5.41, 5.74) is 0. The van der Waals surface area contributed by atoms with Crippen LogP contribution in [0.15, 0.2) is 0 Å². The Labute approximate surface area is 323 Å². The van der Waals surface area contributed by atoms with Crippen molar-refractivity contribution in [1.82, 2.24) is 0 Å². The van der Waals surface area contributed by atoms with E-state index in [2.05, 4.69) is 34.6 Å². The number of hydrogen-bond donors (Lipinski definition) is 0. The third-order valence-corrected chi connectivity index (χ3v) is 10.2. The molecule has 0 aliphatic carbocycles. The lowest BCUT2D eigenvalue weighted by atomic mass is 10.0. The summed E-state index contributed by atoms with van der Waals surface area (Å²) in [5.74, 6) is 0.751. The summed E-state index contributed by atoms with van der Waals surface area (Å²) >= 11 is 0. The number of rotatable bonds is 40. The molecule has 0 heterocycles. The van der Waals surface area contributed by atoms with Crippen molar-refractivity contribution < 1.29 is 28.6 Å². The van der Waals surface area contributed by atoms with Gasteiger partial charge >= 0.3 is 17.9 Å². The van der Waals surface area contributed by atoms with Crippen LogP contribution >= 0.6 is 0 Å². The van der Waals surface area contributed by atoms with Crippen molar-refractivity contribution >= 4 is 17.9 Å². The number of esters is 3. The standard InChI is InChI=1S/C46H88O6/c1-6-7-8-9-10-11-15-21-26-31-36-44(47)50-39-43(52-46(49)38-33-28-23-18-17-20-25-30-35-42(4)5)40-51-45(48)37-32-27-22-16-13-12-14-19-24-29-34-41(2)3/h41-43H,6-40H2,1-5H3/t43-/m1/s1. The fraction of sp³-hybridized carbons (Fsp3) is 0.935. The lowest BCUT2D eigenvalue weighted by Crippen LogP contribution is -2.30. The van der Waals surface area contributed by atoms with Gasteiger partial charge in [-0.1, -0.05) is 208 Å². The van der Waals surface area contributed by atoms with Crippen LogP contribution in [0.25, 0.3) is 0 Å². The average molecular weight is 737 g/mol. The van der Waals surface area contributed by atoms with E-state index >= 15 is 0 Å². The van der Waals surface area contributed by atoms with Gasteiger partial charge in [0.1, 0.15) is 13.2 Å². The first kappa shape index (κ1) is 50.4. The molecule has 0 aromatic heterocycles. The molecule has 0 aliphatic rings. The van der Waals surface area contributed by atoms with E-state index < -0.39 is 6.10 Å². The van der Waals surface area contributed by atoms with Crippen LogP contribution in [0.5, 0.6) is 0 Å². The van der Waals surface area contributed by atoms with Crippen LogP contribution < -0.4 is 0 Å². The second-order valence-electron chi connectivity index (χ2n) is 16.6. The number of carbonyl (C=O) groups is 3. The van der Waals surface area contributed by atoms with Gasteiger partial charge in [0, 0.05) is 19.3 Å². The van der Waals surface area contributed by atoms with Crippen molar-refractivity contribution in [2.24, 2.45) is 11.8 Å². The summed E-state index contributed by atoms with van der Waals surface area (Å²) in [6, 6.07) is 0. The SMILES string of the molecule is CCCCCCCCCCCCC(=O)OC[C@H](COC(=O)CCCCCCCCCCCCC(C)C)OC(=O)CCCCCCCCCCC(C)C. The summed E-state index contributed by atoms with van der Waals surface area (Å²) in [4.78, 5) is 37.7. The molecule has 0 rings (SSSR count). The third kappa shape index (κ3) is 39.6. The molecule has 0 saturated carbocycles. The van der Waals surface area contributed by atoms with E-state index in [4.69, 9.17) is 14.2 Å². The average Bonchev–Trinajstić information content (AvgIpc) is 3.11. The lowest BCUT2D eigenvalue weighted by molar-refractivity contribution is -0.167. The zero-order valence-corrected chi connectivity index (χ0v) is 35.4. The monoisotopic (exact) mass is 737 g/mol. The molecule has 52 heavy (non-hydrogen) atoms. The highest BCUT2D eigenvalue weighted by atomic mass is 16.6. The van der Waals surface area contributed by atoms with Crippen LogP contribution in [-0.4, -0.2) is 37.2 Å². The number of carbonyl (C=O) groups excluding carboxylic acids is 3.